The number of aryl methyl sites for hydroxylation is 2. The molecule has 0 spiro atoms. The second kappa shape index (κ2) is 6.66. The van der Waals surface area contributed by atoms with Gasteiger partial charge in [0.2, 0.25) is 0 Å². The Balaban J connectivity index is 2.44. The van der Waals surface area contributed by atoms with Crippen LogP contribution in [0, 0.1) is 13.8 Å². The summed E-state index contributed by atoms with van der Waals surface area (Å²) in [7, 11) is 1.69. The van der Waals surface area contributed by atoms with E-state index in [2.05, 4.69) is 36.5 Å². The SMILES string of the molecule is CCC(CC)Nc1ccc(OC)c(-c2c(C)noc2C)c1. The van der Waals surface area contributed by atoms with Gasteiger partial charge in [-0.25, -0.2) is 0 Å². The third kappa shape index (κ3) is 3.20. The van der Waals surface area contributed by atoms with Gasteiger partial charge in [-0.2, -0.15) is 0 Å². The molecule has 0 aliphatic heterocycles. The van der Waals surface area contributed by atoms with Gasteiger partial charge in [-0.1, -0.05) is 19.0 Å². The van der Waals surface area contributed by atoms with Gasteiger partial charge in [0.15, 0.2) is 0 Å². The monoisotopic (exact) mass is 288 g/mol. The minimum atomic E-state index is 0.482. The van der Waals surface area contributed by atoms with Crippen molar-refractivity contribution in [2.24, 2.45) is 0 Å². The van der Waals surface area contributed by atoms with E-state index in [1.54, 1.807) is 7.11 Å². The molecule has 1 aromatic heterocycles. The van der Waals surface area contributed by atoms with E-state index in [1.165, 1.54) is 0 Å². The Morgan fingerprint density at radius 2 is 1.95 bits per heavy atom. The van der Waals surface area contributed by atoms with Crippen molar-refractivity contribution in [3.05, 3.63) is 29.7 Å². The molecule has 0 bridgehead atoms. The molecule has 0 atom stereocenters. The third-order valence-corrected chi connectivity index (χ3v) is 3.86. The zero-order chi connectivity index (χ0) is 15.4. The molecule has 1 aromatic carbocycles. The molecule has 0 aliphatic rings. The molecule has 2 aromatic rings. The molecular weight excluding hydrogens is 264 g/mol. The fourth-order valence-corrected chi connectivity index (χ4v) is 2.59. The fourth-order valence-electron chi connectivity index (χ4n) is 2.59. The quantitative estimate of drug-likeness (QED) is 0.846. The van der Waals surface area contributed by atoms with Gasteiger partial charge in [0.05, 0.1) is 18.4 Å². The van der Waals surface area contributed by atoms with Crippen LogP contribution >= 0.6 is 0 Å². The summed E-state index contributed by atoms with van der Waals surface area (Å²) in [5, 5.41) is 7.60. The highest BCUT2D eigenvalue weighted by atomic mass is 16.5. The summed E-state index contributed by atoms with van der Waals surface area (Å²) in [5.41, 5.74) is 4.01. The number of ether oxygens (including phenoxy) is 1. The van der Waals surface area contributed by atoms with E-state index in [9.17, 15) is 0 Å². The number of hydrogen-bond donors (Lipinski definition) is 1. The Hall–Kier alpha value is -1.97. The van der Waals surface area contributed by atoms with E-state index in [4.69, 9.17) is 9.26 Å². The fraction of sp³-hybridized carbons (Fsp3) is 0.471. The summed E-state index contributed by atoms with van der Waals surface area (Å²) in [6, 6.07) is 6.64. The van der Waals surface area contributed by atoms with Gasteiger partial charge in [-0.3, -0.25) is 0 Å². The molecule has 4 heteroatoms. The molecule has 4 nitrogen and oxygen atoms in total. The van der Waals surface area contributed by atoms with Gasteiger partial charge in [0.1, 0.15) is 11.5 Å². The van der Waals surface area contributed by atoms with Crippen molar-refractivity contribution in [3.8, 4) is 16.9 Å². The van der Waals surface area contributed by atoms with Gasteiger partial charge < -0.3 is 14.6 Å². The molecule has 1 N–H and O–H groups in total. The van der Waals surface area contributed by atoms with Crippen molar-refractivity contribution < 1.29 is 9.26 Å². The Morgan fingerprint density at radius 3 is 2.48 bits per heavy atom. The first-order valence-electron chi connectivity index (χ1n) is 7.48. The van der Waals surface area contributed by atoms with Crippen molar-refractivity contribution >= 4 is 5.69 Å². The van der Waals surface area contributed by atoms with Crippen LogP contribution < -0.4 is 10.1 Å². The molecule has 114 valence electrons. The number of nitrogens with one attached hydrogen (secondary N) is 1. The normalized spacial score (nSPS) is 11.0. The molecule has 0 saturated heterocycles. The van der Waals surface area contributed by atoms with Gasteiger partial charge in [0.25, 0.3) is 0 Å². The lowest BCUT2D eigenvalue weighted by Crippen LogP contribution is -2.16. The number of aromatic nitrogens is 1. The van der Waals surface area contributed by atoms with Crippen LogP contribution in [-0.4, -0.2) is 18.3 Å². The number of hydrogen-bond acceptors (Lipinski definition) is 4. The second-order valence-corrected chi connectivity index (χ2v) is 5.27. The first kappa shape index (κ1) is 15.4. The largest absolute Gasteiger partial charge is 0.496 e. The van der Waals surface area contributed by atoms with Crippen LogP contribution in [0.4, 0.5) is 5.69 Å². The number of rotatable bonds is 6. The summed E-state index contributed by atoms with van der Waals surface area (Å²) < 4.78 is 10.8. The topological polar surface area (TPSA) is 47.3 Å². The molecule has 21 heavy (non-hydrogen) atoms. The minimum absolute atomic E-state index is 0.482. The molecule has 0 fully saturated rings. The van der Waals surface area contributed by atoms with Crippen molar-refractivity contribution in [2.75, 3.05) is 12.4 Å². The summed E-state index contributed by atoms with van der Waals surface area (Å²) in [6.45, 7) is 8.27. The molecule has 0 radical (unpaired) electrons. The van der Waals surface area contributed by atoms with E-state index < -0.39 is 0 Å². The lowest BCUT2D eigenvalue weighted by Gasteiger charge is -2.18. The van der Waals surface area contributed by atoms with Crippen LogP contribution in [0.25, 0.3) is 11.1 Å². The van der Waals surface area contributed by atoms with Gasteiger partial charge >= 0.3 is 0 Å². The average molecular weight is 288 g/mol. The lowest BCUT2D eigenvalue weighted by atomic mass is 10.0. The first-order valence-corrected chi connectivity index (χ1v) is 7.48. The first-order chi connectivity index (χ1) is 10.1. The predicted molar refractivity (Wildman–Crippen MR) is 86.0 cm³/mol. The van der Waals surface area contributed by atoms with Gasteiger partial charge in [-0.15, -0.1) is 0 Å². The summed E-state index contributed by atoms with van der Waals surface area (Å²) in [6.07, 6.45) is 2.20. The molecule has 2 rings (SSSR count). The van der Waals surface area contributed by atoms with Crippen LogP contribution in [-0.2, 0) is 0 Å². The lowest BCUT2D eigenvalue weighted by molar-refractivity contribution is 0.393. The number of nitrogens with zero attached hydrogens (tertiary/aromatic N) is 1. The minimum Gasteiger partial charge on any atom is -0.496 e. The molecular formula is C17H24N2O2. The van der Waals surface area contributed by atoms with E-state index in [0.29, 0.717) is 6.04 Å². The molecule has 0 unspecified atom stereocenters. The van der Waals surface area contributed by atoms with Crippen LogP contribution in [0.5, 0.6) is 5.75 Å². The van der Waals surface area contributed by atoms with Crippen LogP contribution in [0.1, 0.15) is 38.1 Å². The summed E-state index contributed by atoms with van der Waals surface area (Å²) in [5.74, 6) is 1.64. The van der Waals surface area contributed by atoms with Gasteiger partial charge in [-0.05, 0) is 44.9 Å². The van der Waals surface area contributed by atoms with E-state index in [1.807, 2.05) is 19.9 Å². The van der Waals surface area contributed by atoms with Crippen molar-refractivity contribution in [2.45, 2.75) is 46.6 Å². The van der Waals surface area contributed by atoms with Crippen molar-refractivity contribution in [1.82, 2.24) is 5.16 Å². The third-order valence-electron chi connectivity index (χ3n) is 3.86. The van der Waals surface area contributed by atoms with E-state index >= 15 is 0 Å². The smallest absolute Gasteiger partial charge is 0.141 e. The Labute approximate surface area is 126 Å². The van der Waals surface area contributed by atoms with Gasteiger partial charge in [0, 0.05) is 17.3 Å². The summed E-state index contributed by atoms with van der Waals surface area (Å²) in [4.78, 5) is 0. The standard InChI is InChI=1S/C17H24N2O2/c1-6-13(7-2)18-14-8-9-16(20-5)15(10-14)17-11(3)19-21-12(17)4/h8-10,13,18H,6-7H2,1-5H3. The molecule has 0 aliphatic carbocycles. The Morgan fingerprint density at radius 1 is 1.24 bits per heavy atom. The Bertz CT molecular complexity index is 581. The highest BCUT2D eigenvalue weighted by Gasteiger charge is 2.17. The highest BCUT2D eigenvalue weighted by Crippen LogP contribution is 2.36. The maximum atomic E-state index is 5.49. The van der Waals surface area contributed by atoms with Crippen molar-refractivity contribution in [1.29, 1.82) is 0 Å². The van der Waals surface area contributed by atoms with Crippen LogP contribution in [0.2, 0.25) is 0 Å². The van der Waals surface area contributed by atoms with Crippen molar-refractivity contribution in [3.63, 3.8) is 0 Å². The number of benzene rings is 1. The zero-order valence-corrected chi connectivity index (χ0v) is 13.5. The molecule has 1 heterocycles. The average Bonchev–Trinajstić information content (AvgIpc) is 2.83. The van der Waals surface area contributed by atoms with E-state index in [-0.39, 0.29) is 0 Å². The number of methoxy groups -OCH3 is 1. The van der Waals surface area contributed by atoms with E-state index in [0.717, 1.165) is 46.9 Å². The molecule has 0 amide bonds. The summed E-state index contributed by atoms with van der Waals surface area (Å²) >= 11 is 0. The maximum Gasteiger partial charge on any atom is 0.141 e. The predicted octanol–water partition coefficient (Wildman–Crippen LogP) is 4.57. The second-order valence-electron chi connectivity index (χ2n) is 5.27. The molecule has 0 saturated carbocycles. The van der Waals surface area contributed by atoms with Crippen LogP contribution in [0.3, 0.4) is 0 Å². The highest BCUT2D eigenvalue weighted by molar-refractivity contribution is 5.77. The number of anilines is 1. The van der Waals surface area contributed by atoms with Crippen LogP contribution in [0.15, 0.2) is 22.7 Å². The Kier molecular flexibility index (Phi) is 4.89. The maximum absolute atomic E-state index is 5.49. The zero-order valence-electron chi connectivity index (χ0n) is 13.5.